The predicted molar refractivity (Wildman–Crippen MR) is 85.0 cm³/mol. The molecule has 3 heteroatoms. The molecule has 0 saturated heterocycles. The lowest BCUT2D eigenvalue weighted by molar-refractivity contribution is -0.117. The van der Waals surface area contributed by atoms with Crippen molar-refractivity contribution >= 4 is 23.0 Å². The van der Waals surface area contributed by atoms with E-state index >= 15 is 0 Å². The number of carbonyl (C=O) groups excluding carboxylic acids is 1. The van der Waals surface area contributed by atoms with E-state index in [-0.39, 0.29) is 5.91 Å². The van der Waals surface area contributed by atoms with Gasteiger partial charge >= 0.3 is 0 Å². The van der Waals surface area contributed by atoms with E-state index in [0.29, 0.717) is 6.04 Å². The van der Waals surface area contributed by atoms with Gasteiger partial charge in [-0.1, -0.05) is 38.0 Å². The van der Waals surface area contributed by atoms with Crippen LogP contribution >= 0.6 is 0 Å². The number of amides is 1. The molecule has 1 aromatic heterocycles. The molecule has 0 spiro atoms. The Kier molecular flexibility index (Phi) is 4.09. The van der Waals surface area contributed by atoms with Gasteiger partial charge in [0.15, 0.2) is 0 Å². The van der Waals surface area contributed by atoms with Crippen LogP contribution in [0.2, 0.25) is 0 Å². The highest BCUT2D eigenvalue weighted by Gasteiger charge is 2.16. The zero-order chi connectivity index (χ0) is 14.7. The van der Waals surface area contributed by atoms with Crippen LogP contribution in [0.5, 0.6) is 0 Å². The Morgan fingerprint density at radius 2 is 2.10 bits per heavy atom. The summed E-state index contributed by atoms with van der Waals surface area (Å²) in [7, 11) is 0. The number of nitrogens with one attached hydrogen (secondary N) is 1. The molecule has 0 unspecified atom stereocenters. The van der Waals surface area contributed by atoms with Gasteiger partial charge in [0.1, 0.15) is 11.3 Å². The number of aryl methyl sites for hydroxylation is 1. The summed E-state index contributed by atoms with van der Waals surface area (Å²) in [4.78, 5) is 12.0. The number of benzene rings is 1. The highest BCUT2D eigenvalue weighted by Crippen LogP contribution is 2.27. The molecule has 3 rings (SSSR count). The van der Waals surface area contributed by atoms with Gasteiger partial charge in [-0.15, -0.1) is 0 Å². The summed E-state index contributed by atoms with van der Waals surface area (Å²) >= 11 is 0. The van der Waals surface area contributed by atoms with Gasteiger partial charge in [0.05, 0.1) is 0 Å². The zero-order valence-corrected chi connectivity index (χ0v) is 12.4. The van der Waals surface area contributed by atoms with Crippen LogP contribution in [0.4, 0.5) is 0 Å². The quantitative estimate of drug-likeness (QED) is 0.859. The molecular formula is C18H21NO2. The van der Waals surface area contributed by atoms with Crippen molar-refractivity contribution in [2.45, 2.75) is 45.1 Å². The Morgan fingerprint density at radius 1 is 1.33 bits per heavy atom. The van der Waals surface area contributed by atoms with Crippen molar-refractivity contribution in [2.24, 2.45) is 0 Å². The molecule has 2 aromatic rings. The largest absolute Gasteiger partial charge is 0.460 e. The highest BCUT2D eigenvalue weighted by atomic mass is 16.3. The summed E-state index contributed by atoms with van der Waals surface area (Å²) in [5, 5.41) is 4.14. The Balaban J connectivity index is 1.79. The van der Waals surface area contributed by atoms with Gasteiger partial charge in [0.2, 0.25) is 5.91 Å². The molecule has 21 heavy (non-hydrogen) atoms. The number of carbonyl (C=O) groups is 1. The lowest BCUT2D eigenvalue weighted by Gasteiger charge is -2.08. The second kappa shape index (κ2) is 6.17. The van der Waals surface area contributed by atoms with Crippen molar-refractivity contribution in [1.29, 1.82) is 0 Å². The topological polar surface area (TPSA) is 42.2 Å². The van der Waals surface area contributed by atoms with Gasteiger partial charge in [-0.05, 0) is 25.0 Å². The molecule has 1 N–H and O–H groups in total. The maximum absolute atomic E-state index is 12.0. The Labute approximate surface area is 125 Å². The summed E-state index contributed by atoms with van der Waals surface area (Å²) in [6.07, 6.45) is 8.99. The SMILES string of the molecule is CCc1oc2ccccc2c1/C=C/C(=O)NC1CCCC1. The monoisotopic (exact) mass is 283 g/mol. The van der Waals surface area contributed by atoms with Crippen molar-refractivity contribution in [3.05, 3.63) is 41.7 Å². The van der Waals surface area contributed by atoms with Crippen LogP contribution in [0.15, 0.2) is 34.8 Å². The molecule has 1 amide bonds. The number of hydrogen-bond donors (Lipinski definition) is 1. The molecule has 1 saturated carbocycles. The average molecular weight is 283 g/mol. The van der Waals surface area contributed by atoms with E-state index in [0.717, 1.165) is 41.6 Å². The van der Waals surface area contributed by atoms with E-state index in [1.165, 1.54) is 12.8 Å². The molecule has 110 valence electrons. The molecule has 1 aromatic carbocycles. The van der Waals surface area contributed by atoms with E-state index < -0.39 is 0 Å². The van der Waals surface area contributed by atoms with Gasteiger partial charge < -0.3 is 9.73 Å². The van der Waals surface area contributed by atoms with E-state index in [1.54, 1.807) is 6.08 Å². The van der Waals surface area contributed by atoms with E-state index in [4.69, 9.17) is 4.42 Å². The van der Waals surface area contributed by atoms with Gasteiger partial charge in [-0.2, -0.15) is 0 Å². The number of hydrogen-bond acceptors (Lipinski definition) is 2. The fraction of sp³-hybridized carbons (Fsp3) is 0.389. The molecule has 1 aliphatic carbocycles. The smallest absolute Gasteiger partial charge is 0.244 e. The van der Waals surface area contributed by atoms with Gasteiger partial charge in [-0.25, -0.2) is 0 Å². The first-order valence-electron chi connectivity index (χ1n) is 7.77. The standard InChI is InChI=1S/C18H21NO2/c1-2-16-15(14-9-5-6-10-17(14)21-16)11-12-18(20)19-13-7-3-4-8-13/h5-6,9-13H,2-4,7-8H2,1H3,(H,19,20)/b12-11+. The van der Waals surface area contributed by atoms with Crippen LogP contribution in [0.1, 0.15) is 43.9 Å². The molecule has 1 heterocycles. The maximum atomic E-state index is 12.0. The second-order valence-corrected chi connectivity index (χ2v) is 5.61. The minimum atomic E-state index is -0.00534. The van der Waals surface area contributed by atoms with Crippen molar-refractivity contribution in [2.75, 3.05) is 0 Å². The van der Waals surface area contributed by atoms with Crippen LogP contribution in [0.25, 0.3) is 17.0 Å². The summed E-state index contributed by atoms with van der Waals surface area (Å²) < 4.78 is 5.83. The number of fused-ring (bicyclic) bond motifs is 1. The maximum Gasteiger partial charge on any atom is 0.244 e. The molecule has 3 nitrogen and oxygen atoms in total. The van der Waals surface area contributed by atoms with Crippen LogP contribution in [-0.4, -0.2) is 11.9 Å². The summed E-state index contributed by atoms with van der Waals surface area (Å²) in [5.74, 6) is 0.926. The molecule has 0 radical (unpaired) electrons. The van der Waals surface area contributed by atoms with Gasteiger partial charge in [-0.3, -0.25) is 4.79 Å². The van der Waals surface area contributed by atoms with E-state index in [9.17, 15) is 4.79 Å². The predicted octanol–water partition coefficient (Wildman–Crippen LogP) is 4.07. The van der Waals surface area contributed by atoms with E-state index in [1.807, 2.05) is 30.3 Å². The van der Waals surface area contributed by atoms with Crippen molar-refractivity contribution in [3.8, 4) is 0 Å². The lowest BCUT2D eigenvalue weighted by atomic mass is 10.1. The van der Waals surface area contributed by atoms with Crippen LogP contribution in [-0.2, 0) is 11.2 Å². The summed E-state index contributed by atoms with van der Waals surface area (Å²) in [5.41, 5.74) is 1.90. The third-order valence-electron chi connectivity index (χ3n) is 4.13. The number of para-hydroxylation sites is 1. The first-order valence-corrected chi connectivity index (χ1v) is 7.77. The zero-order valence-electron chi connectivity index (χ0n) is 12.4. The van der Waals surface area contributed by atoms with Gasteiger partial charge in [0.25, 0.3) is 0 Å². The minimum Gasteiger partial charge on any atom is -0.460 e. The van der Waals surface area contributed by atoms with E-state index in [2.05, 4.69) is 12.2 Å². The van der Waals surface area contributed by atoms with Crippen LogP contribution in [0, 0.1) is 0 Å². The van der Waals surface area contributed by atoms with Crippen molar-refractivity contribution in [3.63, 3.8) is 0 Å². The fourth-order valence-electron chi connectivity index (χ4n) is 3.04. The molecule has 1 aliphatic rings. The average Bonchev–Trinajstić information content (AvgIpc) is 3.12. The Morgan fingerprint density at radius 3 is 2.86 bits per heavy atom. The molecule has 1 fully saturated rings. The summed E-state index contributed by atoms with van der Waals surface area (Å²) in [6.45, 7) is 2.06. The van der Waals surface area contributed by atoms with Crippen molar-refractivity contribution < 1.29 is 9.21 Å². The lowest BCUT2D eigenvalue weighted by Crippen LogP contribution is -2.30. The molecule has 0 atom stereocenters. The Bertz CT molecular complexity index is 663. The normalized spacial score (nSPS) is 16.0. The minimum absolute atomic E-state index is 0.00534. The number of furan rings is 1. The third kappa shape index (κ3) is 3.02. The second-order valence-electron chi connectivity index (χ2n) is 5.61. The van der Waals surface area contributed by atoms with Crippen molar-refractivity contribution in [1.82, 2.24) is 5.32 Å². The third-order valence-corrected chi connectivity index (χ3v) is 4.13. The molecule has 0 bridgehead atoms. The van der Waals surface area contributed by atoms with Gasteiger partial charge in [0, 0.05) is 29.5 Å². The first kappa shape index (κ1) is 13.9. The highest BCUT2D eigenvalue weighted by molar-refractivity contribution is 5.96. The van der Waals surface area contributed by atoms with Crippen LogP contribution in [0.3, 0.4) is 0 Å². The molecule has 0 aliphatic heterocycles. The first-order chi connectivity index (χ1) is 10.3. The summed E-state index contributed by atoms with van der Waals surface area (Å²) in [6, 6.07) is 8.31. The fourth-order valence-corrected chi connectivity index (χ4v) is 3.04. The Hall–Kier alpha value is -2.03. The number of rotatable bonds is 4. The van der Waals surface area contributed by atoms with Crippen LogP contribution < -0.4 is 5.32 Å². The molecular weight excluding hydrogens is 262 g/mol.